The van der Waals surface area contributed by atoms with Gasteiger partial charge in [-0.1, -0.05) is 55.0 Å². The molecule has 2 saturated carbocycles. The van der Waals surface area contributed by atoms with E-state index in [1.165, 1.54) is 57.8 Å². The summed E-state index contributed by atoms with van der Waals surface area (Å²) in [4.78, 5) is 0. The minimum atomic E-state index is 0.166. The van der Waals surface area contributed by atoms with Crippen LogP contribution in [-0.4, -0.2) is 17.0 Å². The molecule has 2 rings (SSSR count). The second kappa shape index (κ2) is 5.86. The van der Waals surface area contributed by atoms with E-state index in [0.717, 1.165) is 11.2 Å². The van der Waals surface area contributed by atoms with Crippen LogP contribution in [0.25, 0.3) is 0 Å². The zero-order valence-corrected chi connectivity index (χ0v) is 12.1. The van der Waals surface area contributed by atoms with Gasteiger partial charge in [0, 0.05) is 5.33 Å². The molecule has 2 unspecified atom stereocenters. The SMILES string of the molecule is CC1CCCC(CBr)(OC2CCCCC2)C1. The number of hydrogen-bond donors (Lipinski definition) is 0. The molecule has 0 aromatic carbocycles. The van der Waals surface area contributed by atoms with Crippen LogP contribution in [0.2, 0.25) is 0 Å². The molecule has 2 aliphatic carbocycles. The zero-order valence-electron chi connectivity index (χ0n) is 10.5. The summed E-state index contributed by atoms with van der Waals surface area (Å²) in [6.07, 6.45) is 12.6. The first-order valence-corrected chi connectivity index (χ1v) is 8.10. The Hall–Kier alpha value is 0.440. The van der Waals surface area contributed by atoms with Crippen molar-refractivity contribution in [3.63, 3.8) is 0 Å². The lowest BCUT2D eigenvalue weighted by Gasteiger charge is -2.42. The van der Waals surface area contributed by atoms with Crippen molar-refractivity contribution in [1.82, 2.24) is 0 Å². The Morgan fingerprint density at radius 3 is 2.50 bits per heavy atom. The molecule has 0 aromatic rings. The molecule has 0 amide bonds. The predicted octanol–water partition coefficient (Wildman–Crippen LogP) is 4.68. The Labute approximate surface area is 108 Å². The van der Waals surface area contributed by atoms with Crippen molar-refractivity contribution in [2.75, 3.05) is 5.33 Å². The molecule has 2 fully saturated rings. The molecule has 0 aromatic heterocycles. The fourth-order valence-corrected chi connectivity index (χ4v) is 4.05. The molecule has 2 aliphatic rings. The van der Waals surface area contributed by atoms with E-state index in [0.29, 0.717) is 6.10 Å². The molecule has 16 heavy (non-hydrogen) atoms. The summed E-state index contributed by atoms with van der Waals surface area (Å²) >= 11 is 3.70. The molecule has 0 radical (unpaired) electrons. The van der Waals surface area contributed by atoms with Gasteiger partial charge in [-0.2, -0.15) is 0 Å². The van der Waals surface area contributed by atoms with Gasteiger partial charge < -0.3 is 4.74 Å². The van der Waals surface area contributed by atoms with Gasteiger partial charge in [0.1, 0.15) is 0 Å². The van der Waals surface area contributed by atoms with Gasteiger partial charge in [-0.25, -0.2) is 0 Å². The van der Waals surface area contributed by atoms with Crippen LogP contribution in [-0.2, 0) is 4.74 Å². The van der Waals surface area contributed by atoms with Crippen LogP contribution in [0.3, 0.4) is 0 Å². The van der Waals surface area contributed by atoms with Crippen LogP contribution in [0, 0.1) is 5.92 Å². The molecule has 0 spiro atoms. The zero-order chi connectivity index (χ0) is 11.4. The van der Waals surface area contributed by atoms with Gasteiger partial charge in [-0.3, -0.25) is 0 Å². The Kier molecular flexibility index (Phi) is 4.72. The first-order chi connectivity index (χ1) is 7.74. The third-order valence-electron chi connectivity index (χ3n) is 4.26. The van der Waals surface area contributed by atoms with Crippen LogP contribution < -0.4 is 0 Å². The second-order valence-corrected chi connectivity index (χ2v) is 6.46. The Morgan fingerprint density at radius 1 is 1.12 bits per heavy atom. The van der Waals surface area contributed by atoms with E-state index in [-0.39, 0.29) is 5.60 Å². The summed E-state index contributed by atoms with van der Waals surface area (Å²) in [6.45, 7) is 2.38. The minimum absolute atomic E-state index is 0.166. The van der Waals surface area contributed by atoms with Gasteiger partial charge in [0.2, 0.25) is 0 Å². The fourth-order valence-electron chi connectivity index (χ4n) is 3.41. The van der Waals surface area contributed by atoms with Crippen molar-refractivity contribution in [3.05, 3.63) is 0 Å². The molecule has 0 saturated heterocycles. The van der Waals surface area contributed by atoms with E-state index in [4.69, 9.17) is 4.74 Å². The maximum absolute atomic E-state index is 6.49. The predicted molar refractivity (Wildman–Crippen MR) is 72.1 cm³/mol. The van der Waals surface area contributed by atoms with Crippen LogP contribution in [0.4, 0.5) is 0 Å². The summed E-state index contributed by atoms with van der Waals surface area (Å²) in [6, 6.07) is 0. The van der Waals surface area contributed by atoms with E-state index in [1.54, 1.807) is 0 Å². The number of rotatable bonds is 3. The maximum Gasteiger partial charge on any atom is 0.0785 e. The van der Waals surface area contributed by atoms with E-state index in [1.807, 2.05) is 0 Å². The van der Waals surface area contributed by atoms with Crippen molar-refractivity contribution < 1.29 is 4.74 Å². The highest BCUT2D eigenvalue weighted by molar-refractivity contribution is 9.09. The number of ether oxygens (including phenoxy) is 1. The van der Waals surface area contributed by atoms with Crippen LogP contribution >= 0.6 is 15.9 Å². The van der Waals surface area contributed by atoms with E-state index in [9.17, 15) is 0 Å². The third kappa shape index (κ3) is 3.22. The molecule has 2 heteroatoms. The lowest BCUT2D eigenvalue weighted by molar-refractivity contribution is -0.116. The largest absolute Gasteiger partial charge is 0.371 e. The minimum Gasteiger partial charge on any atom is -0.371 e. The molecular weight excluding hydrogens is 264 g/mol. The average Bonchev–Trinajstić information content (AvgIpc) is 2.30. The van der Waals surface area contributed by atoms with Gasteiger partial charge in [-0.05, 0) is 31.6 Å². The molecule has 2 atom stereocenters. The van der Waals surface area contributed by atoms with Crippen LogP contribution in [0.5, 0.6) is 0 Å². The molecular formula is C14H25BrO. The van der Waals surface area contributed by atoms with E-state index in [2.05, 4.69) is 22.9 Å². The monoisotopic (exact) mass is 288 g/mol. The normalized spacial score (nSPS) is 37.5. The highest BCUT2D eigenvalue weighted by atomic mass is 79.9. The lowest BCUT2D eigenvalue weighted by Crippen LogP contribution is -2.43. The molecule has 0 heterocycles. The van der Waals surface area contributed by atoms with E-state index < -0.39 is 0 Å². The highest BCUT2D eigenvalue weighted by Crippen LogP contribution is 2.39. The smallest absolute Gasteiger partial charge is 0.0785 e. The summed E-state index contributed by atoms with van der Waals surface area (Å²) in [5.41, 5.74) is 0.166. The standard InChI is InChI=1S/C14H25BrO/c1-12-6-5-9-14(10-12,11-15)16-13-7-3-2-4-8-13/h12-13H,2-11H2,1H3. The topological polar surface area (TPSA) is 9.23 Å². The number of halogens is 1. The van der Waals surface area contributed by atoms with Crippen molar-refractivity contribution in [1.29, 1.82) is 0 Å². The first kappa shape index (κ1) is 12.9. The molecule has 1 nitrogen and oxygen atoms in total. The van der Waals surface area contributed by atoms with Gasteiger partial charge in [-0.15, -0.1) is 0 Å². The second-order valence-electron chi connectivity index (χ2n) is 5.90. The first-order valence-electron chi connectivity index (χ1n) is 6.98. The molecule has 0 aliphatic heterocycles. The third-order valence-corrected chi connectivity index (χ3v) is 5.28. The fraction of sp³-hybridized carbons (Fsp3) is 1.00. The Morgan fingerprint density at radius 2 is 1.88 bits per heavy atom. The average molecular weight is 289 g/mol. The van der Waals surface area contributed by atoms with Crippen molar-refractivity contribution >= 4 is 15.9 Å². The van der Waals surface area contributed by atoms with Gasteiger partial charge in [0.15, 0.2) is 0 Å². The van der Waals surface area contributed by atoms with Crippen molar-refractivity contribution in [3.8, 4) is 0 Å². The van der Waals surface area contributed by atoms with Crippen LogP contribution in [0.15, 0.2) is 0 Å². The maximum atomic E-state index is 6.49. The highest BCUT2D eigenvalue weighted by Gasteiger charge is 2.37. The summed E-state index contributed by atoms with van der Waals surface area (Å²) in [5.74, 6) is 0.842. The molecule has 94 valence electrons. The van der Waals surface area contributed by atoms with Crippen molar-refractivity contribution in [2.24, 2.45) is 5.92 Å². The number of alkyl halides is 1. The quantitative estimate of drug-likeness (QED) is 0.685. The Bertz CT molecular complexity index is 213. The van der Waals surface area contributed by atoms with Crippen LogP contribution in [0.1, 0.15) is 64.7 Å². The summed E-state index contributed by atoms with van der Waals surface area (Å²) in [5, 5.41) is 1.03. The van der Waals surface area contributed by atoms with Crippen molar-refractivity contribution in [2.45, 2.75) is 76.4 Å². The molecule has 0 N–H and O–H groups in total. The van der Waals surface area contributed by atoms with Gasteiger partial charge >= 0.3 is 0 Å². The van der Waals surface area contributed by atoms with E-state index >= 15 is 0 Å². The lowest BCUT2D eigenvalue weighted by atomic mass is 9.79. The van der Waals surface area contributed by atoms with Gasteiger partial charge in [0.05, 0.1) is 11.7 Å². The van der Waals surface area contributed by atoms with Gasteiger partial charge in [0.25, 0.3) is 0 Å². The number of hydrogen-bond acceptors (Lipinski definition) is 1. The summed E-state index contributed by atoms with van der Waals surface area (Å²) < 4.78 is 6.49. The Balaban J connectivity index is 1.91. The summed E-state index contributed by atoms with van der Waals surface area (Å²) in [7, 11) is 0. The molecule has 0 bridgehead atoms.